The monoisotopic (exact) mass is 336 g/mol. The molecule has 4 nitrogen and oxygen atoms in total. The van der Waals surface area contributed by atoms with Crippen LogP contribution in [-0.4, -0.2) is 10.9 Å². The van der Waals surface area contributed by atoms with Crippen LogP contribution in [0.1, 0.15) is 16.7 Å². The van der Waals surface area contributed by atoms with E-state index in [4.69, 9.17) is 4.42 Å². The van der Waals surface area contributed by atoms with Gasteiger partial charge in [-0.25, -0.2) is 4.98 Å². The third kappa shape index (κ3) is 2.57. The van der Waals surface area contributed by atoms with Crippen molar-refractivity contribution in [2.24, 2.45) is 0 Å². The van der Waals surface area contributed by atoms with Crippen LogP contribution in [0.4, 0.5) is 5.13 Å². The molecule has 5 heteroatoms. The summed E-state index contributed by atoms with van der Waals surface area (Å²) in [7, 11) is 0. The smallest absolute Gasteiger partial charge is 0.230 e. The SMILES string of the molecule is Cc1ccc2c(CC(=O)Nc3nc4ccccc4s3)coc2c1C. The number of fused-ring (bicyclic) bond motifs is 2. The Bertz CT molecular complexity index is 1030. The molecule has 0 spiro atoms. The molecule has 0 aliphatic heterocycles. The summed E-state index contributed by atoms with van der Waals surface area (Å²) in [5.74, 6) is -0.0880. The largest absolute Gasteiger partial charge is 0.464 e. The van der Waals surface area contributed by atoms with Crippen molar-refractivity contribution in [3.63, 3.8) is 0 Å². The molecule has 2 aromatic heterocycles. The lowest BCUT2D eigenvalue weighted by Crippen LogP contribution is -2.13. The molecule has 0 saturated heterocycles. The first-order chi connectivity index (χ1) is 11.6. The van der Waals surface area contributed by atoms with Crippen molar-refractivity contribution in [1.82, 2.24) is 4.98 Å². The number of carbonyl (C=O) groups is 1. The second-order valence-corrected chi connectivity index (χ2v) is 6.89. The Morgan fingerprint density at radius 1 is 1.21 bits per heavy atom. The number of carbonyl (C=O) groups excluding carboxylic acids is 1. The summed E-state index contributed by atoms with van der Waals surface area (Å²) in [5, 5.41) is 4.51. The average molecular weight is 336 g/mol. The van der Waals surface area contributed by atoms with Crippen molar-refractivity contribution in [2.75, 3.05) is 5.32 Å². The topological polar surface area (TPSA) is 55.1 Å². The predicted molar refractivity (Wildman–Crippen MR) is 97.6 cm³/mol. The molecule has 0 unspecified atom stereocenters. The first kappa shape index (κ1) is 14.9. The van der Waals surface area contributed by atoms with E-state index in [0.717, 1.165) is 32.3 Å². The summed E-state index contributed by atoms with van der Waals surface area (Å²) in [6.45, 7) is 4.09. The third-order valence-corrected chi connectivity index (χ3v) is 5.18. The molecule has 2 aromatic carbocycles. The van der Waals surface area contributed by atoms with Gasteiger partial charge >= 0.3 is 0 Å². The van der Waals surface area contributed by atoms with Crippen LogP contribution in [0.2, 0.25) is 0 Å². The average Bonchev–Trinajstić information content (AvgIpc) is 3.14. The number of hydrogen-bond donors (Lipinski definition) is 1. The van der Waals surface area contributed by atoms with E-state index in [0.29, 0.717) is 5.13 Å². The first-order valence-electron chi connectivity index (χ1n) is 7.73. The summed E-state index contributed by atoms with van der Waals surface area (Å²) in [5.41, 5.74) is 4.95. The molecule has 0 saturated carbocycles. The Morgan fingerprint density at radius 2 is 2.04 bits per heavy atom. The van der Waals surface area contributed by atoms with Gasteiger partial charge in [0.05, 0.1) is 22.9 Å². The lowest BCUT2D eigenvalue weighted by molar-refractivity contribution is -0.115. The molecule has 1 N–H and O–H groups in total. The van der Waals surface area contributed by atoms with E-state index < -0.39 is 0 Å². The second-order valence-electron chi connectivity index (χ2n) is 5.86. The Labute approximate surface area is 143 Å². The number of furan rings is 1. The quantitative estimate of drug-likeness (QED) is 0.582. The van der Waals surface area contributed by atoms with Crippen molar-refractivity contribution in [2.45, 2.75) is 20.3 Å². The van der Waals surface area contributed by atoms with Gasteiger partial charge in [-0.05, 0) is 37.1 Å². The van der Waals surface area contributed by atoms with Gasteiger partial charge in [0.25, 0.3) is 0 Å². The van der Waals surface area contributed by atoms with Gasteiger partial charge in [0.2, 0.25) is 5.91 Å². The zero-order valence-electron chi connectivity index (χ0n) is 13.4. The summed E-state index contributed by atoms with van der Waals surface area (Å²) in [6.07, 6.45) is 1.94. The van der Waals surface area contributed by atoms with E-state index >= 15 is 0 Å². The molecule has 0 radical (unpaired) electrons. The molecule has 0 atom stereocenters. The van der Waals surface area contributed by atoms with Gasteiger partial charge in [-0.2, -0.15) is 0 Å². The molecule has 24 heavy (non-hydrogen) atoms. The van der Waals surface area contributed by atoms with E-state index in [9.17, 15) is 4.79 Å². The Hall–Kier alpha value is -2.66. The van der Waals surface area contributed by atoms with Crippen molar-refractivity contribution in [3.8, 4) is 0 Å². The normalized spacial score (nSPS) is 11.2. The minimum atomic E-state index is -0.0880. The number of benzene rings is 2. The summed E-state index contributed by atoms with van der Waals surface area (Å²) in [6, 6.07) is 11.9. The fraction of sp³-hybridized carbons (Fsp3) is 0.158. The number of hydrogen-bond acceptors (Lipinski definition) is 4. The maximum atomic E-state index is 12.4. The molecule has 0 aliphatic rings. The lowest BCUT2D eigenvalue weighted by Gasteiger charge is -2.02. The highest BCUT2D eigenvalue weighted by Gasteiger charge is 2.14. The van der Waals surface area contributed by atoms with Crippen LogP contribution in [0.15, 0.2) is 47.1 Å². The fourth-order valence-corrected chi connectivity index (χ4v) is 3.67. The number of nitrogens with one attached hydrogen (secondary N) is 1. The minimum absolute atomic E-state index is 0.0880. The molecule has 2 heterocycles. The zero-order chi connectivity index (χ0) is 16.7. The highest BCUT2D eigenvalue weighted by atomic mass is 32.1. The molecular formula is C19H16N2O2S. The number of aromatic nitrogens is 1. The van der Waals surface area contributed by atoms with E-state index in [2.05, 4.69) is 23.3 Å². The van der Waals surface area contributed by atoms with Crippen LogP contribution in [0.25, 0.3) is 21.2 Å². The molecule has 1 amide bonds. The molecule has 4 aromatic rings. The van der Waals surface area contributed by atoms with E-state index in [1.807, 2.05) is 37.3 Å². The van der Waals surface area contributed by atoms with Crippen LogP contribution in [0.3, 0.4) is 0 Å². The number of para-hydroxylation sites is 1. The number of rotatable bonds is 3. The van der Waals surface area contributed by atoms with Gasteiger partial charge in [0.15, 0.2) is 5.13 Å². The number of anilines is 1. The van der Waals surface area contributed by atoms with Gasteiger partial charge in [-0.1, -0.05) is 35.6 Å². The van der Waals surface area contributed by atoms with Gasteiger partial charge < -0.3 is 9.73 Å². The standard InChI is InChI=1S/C19H16N2O2S/c1-11-7-8-14-13(10-23-18(14)12(11)2)9-17(22)21-19-20-15-5-3-4-6-16(15)24-19/h3-8,10H,9H2,1-2H3,(H,20,21,22). The fourth-order valence-electron chi connectivity index (χ4n) is 2.79. The number of thiazole rings is 1. The number of nitrogens with zero attached hydrogens (tertiary/aromatic N) is 1. The summed E-state index contributed by atoms with van der Waals surface area (Å²) < 4.78 is 6.73. The molecule has 0 fully saturated rings. The minimum Gasteiger partial charge on any atom is -0.464 e. The third-order valence-electron chi connectivity index (χ3n) is 4.23. The van der Waals surface area contributed by atoms with Gasteiger partial charge in [0, 0.05) is 10.9 Å². The van der Waals surface area contributed by atoms with Crippen molar-refractivity contribution >= 4 is 43.6 Å². The molecule has 0 aliphatic carbocycles. The van der Waals surface area contributed by atoms with Crippen LogP contribution in [0, 0.1) is 13.8 Å². The second kappa shape index (κ2) is 5.76. The number of aryl methyl sites for hydroxylation is 2. The lowest BCUT2D eigenvalue weighted by atomic mass is 10.0. The highest BCUT2D eigenvalue weighted by Crippen LogP contribution is 2.28. The Balaban J connectivity index is 1.57. The first-order valence-corrected chi connectivity index (χ1v) is 8.55. The maximum Gasteiger partial charge on any atom is 0.230 e. The van der Waals surface area contributed by atoms with Crippen LogP contribution in [0.5, 0.6) is 0 Å². The van der Waals surface area contributed by atoms with E-state index in [-0.39, 0.29) is 12.3 Å². The predicted octanol–water partition coefficient (Wildman–Crippen LogP) is 4.84. The molecule has 0 bridgehead atoms. The molecule has 4 rings (SSSR count). The molecule has 120 valence electrons. The van der Waals surface area contributed by atoms with Crippen LogP contribution < -0.4 is 5.32 Å². The van der Waals surface area contributed by atoms with Gasteiger partial charge in [-0.15, -0.1) is 0 Å². The van der Waals surface area contributed by atoms with Crippen molar-refractivity contribution < 1.29 is 9.21 Å². The van der Waals surface area contributed by atoms with Crippen LogP contribution >= 0.6 is 11.3 Å². The van der Waals surface area contributed by atoms with Crippen molar-refractivity contribution in [3.05, 3.63) is 59.4 Å². The Kier molecular flexibility index (Phi) is 3.58. The van der Waals surface area contributed by atoms with E-state index in [1.165, 1.54) is 16.9 Å². The van der Waals surface area contributed by atoms with Gasteiger partial charge in [-0.3, -0.25) is 4.79 Å². The zero-order valence-corrected chi connectivity index (χ0v) is 14.2. The van der Waals surface area contributed by atoms with E-state index in [1.54, 1.807) is 6.26 Å². The summed E-state index contributed by atoms with van der Waals surface area (Å²) >= 11 is 1.48. The highest BCUT2D eigenvalue weighted by molar-refractivity contribution is 7.22. The van der Waals surface area contributed by atoms with Crippen molar-refractivity contribution in [1.29, 1.82) is 0 Å². The Morgan fingerprint density at radius 3 is 2.88 bits per heavy atom. The summed E-state index contributed by atoms with van der Waals surface area (Å²) in [4.78, 5) is 16.8. The maximum absolute atomic E-state index is 12.4. The van der Waals surface area contributed by atoms with Crippen LogP contribution in [-0.2, 0) is 11.2 Å². The number of amides is 1. The molecular weight excluding hydrogens is 320 g/mol. The van der Waals surface area contributed by atoms with Gasteiger partial charge in [0.1, 0.15) is 5.58 Å².